The average molecular weight is 332 g/mol. The fourth-order valence-electron chi connectivity index (χ4n) is 2.65. The first-order valence-corrected chi connectivity index (χ1v) is 8.07. The summed E-state index contributed by atoms with van der Waals surface area (Å²) in [7, 11) is 0. The number of hydrogen-bond donors (Lipinski definition) is 1. The summed E-state index contributed by atoms with van der Waals surface area (Å²) < 4.78 is 8.08. The largest absolute Gasteiger partial charge is 0.490 e. The van der Waals surface area contributed by atoms with E-state index in [1.165, 1.54) is 5.56 Å². The van der Waals surface area contributed by atoms with E-state index < -0.39 is 0 Å². The lowest BCUT2D eigenvalue weighted by Gasteiger charge is -2.32. The number of ether oxygens (including phenoxy) is 1. The van der Waals surface area contributed by atoms with Crippen molar-refractivity contribution in [3.8, 4) is 5.75 Å². The third-order valence-electron chi connectivity index (χ3n) is 4.00. The Hall–Kier alpha value is -2.41. The zero-order valence-corrected chi connectivity index (χ0v) is 13.9. The van der Waals surface area contributed by atoms with Gasteiger partial charge in [0.05, 0.1) is 0 Å². The Morgan fingerprint density at radius 3 is 2.33 bits per heavy atom. The van der Waals surface area contributed by atoms with E-state index in [0.717, 1.165) is 44.8 Å². The van der Waals surface area contributed by atoms with Gasteiger partial charge >= 0.3 is 0 Å². The zero-order valence-electron chi connectivity index (χ0n) is 13.9. The van der Waals surface area contributed by atoms with Gasteiger partial charge in [0.15, 0.2) is 0 Å². The lowest BCUT2D eigenvalue weighted by molar-refractivity contribution is -0.122. The molecule has 0 atom stereocenters. The van der Waals surface area contributed by atoms with Crippen molar-refractivity contribution >= 4 is 6.47 Å². The topological polar surface area (TPSA) is 80.5 Å². The summed E-state index contributed by atoms with van der Waals surface area (Å²) in [4.78, 5) is 10.8. The molecule has 1 fully saturated rings. The smallest absolute Gasteiger partial charge is 0.290 e. The van der Waals surface area contributed by atoms with Crippen LogP contribution in [0.5, 0.6) is 5.75 Å². The lowest BCUT2D eigenvalue weighted by Crippen LogP contribution is -2.39. The second-order valence-corrected chi connectivity index (χ2v) is 5.78. The number of likely N-dealkylation sites (tertiary alicyclic amines) is 1. The van der Waals surface area contributed by atoms with Crippen LogP contribution in [0.1, 0.15) is 18.4 Å². The van der Waals surface area contributed by atoms with Crippen LogP contribution in [0.2, 0.25) is 0 Å². The first kappa shape index (κ1) is 17.9. The van der Waals surface area contributed by atoms with Crippen LogP contribution in [-0.4, -0.2) is 57.0 Å². The maximum Gasteiger partial charge on any atom is 0.290 e. The van der Waals surface area contributed by atoms with Crippen LogP contribution in [-0.2, 0) is 11.3 Å². The normalized spacial score (nSPS) is 15.4. The summed E-state index contributed by atoms with van der Waals surface area (Å²) in [6.07, 6.45) is 6.07. The fraction of sp³-hybridized carbons (Fsp3) is 0.471. The highest BCUT2D eigenvalue weighted by atomic mass is 16.5. The molecule has 3 rings (SSSR count). The highest BCUT2D eigenvalue weighted by molar-refractivity contribution is 5.32. The van der Waals surface area contributed by atoms with Gasteiger partial charge in [0, 0.05) is 26.2 Å². The minimum atomic E-state index is -0.250. The summed E-state index contributed by atoms with van der Waals surface area (Å²) in [5.41, 5.74) is 1.27. The Morgan fingerprint density at radius 2 is 1.75 bits per heavy atom. The first-order valence-electron chi connectivity index (χ1n) is 8.07. The van der Waals surface area contributed by atoms with E-state index in [1.54, 1.807) is 12.7 Å². The van der Waals surface area contributed by atoms with Crippen LogP contribution in [0, 0.1) is 6.92 Å². The van der Waals surface area contributed by atoms with Gasteiger partial charge in [-0.3, -0.25) is 4.79 Å². The number of aryl methyl sites for hydroxylation is 1. The summed E-state index contributed by atoms with van der Waals surface area (Å²) >= 11 is 0. The SMILES string of the molecule is Cc1ccc(OC2CCN(CCn3cnnc3)CC2)cc1.O=CO. The predicted octanol–water partition coefficient (Wildman–Crippen LogP) is 1.83. The monoisotopic (exact) mass is 332 g/mol. The van der Waals surface area contributed by atoms with E-state index in [4.69, 9.17) is 14.6 Å². The Kier molecular flexibility index (Phi) is 7.22. The Labute approximate surface area is 141 Å². The Balaban J connectivity index is 0.000000647. The van der Waals surface area contributed by atoms with Crippen molar-refractivity contribution in [1.29, 1.82) is 0 Å². The summed E-state index contributed by atoms with van der Waals surface area (Å²) in [5, 5.41) is 14.5. The number of piperidine rings is 1. The molecule has 7 nitrogen and oxygen atoms in total. The third kappa shape index (κ3) is 6.00. The molecular weight excluding hydrogens is 308 g/mol. The van der Waals surface area contributed by atoms with E-state index in [0.29, 0.717) is 6.10 Å². The van der Waals surface area contributed by atoms with E-state index in [1.807, 2.05) is 4.57 Å². The molecule has 0 spiro atoms. The molecule has 0 aliphatic carbocycles. The predicted molar refractivity (Wildman–Crippen MR) is 90.0 cm³/mol. The molecule has 2 heterocycles. The van der Waals surface area contributed by atoms with E-state index in [9.17, 15) is 0 Å². The number of benzene rings is 1. The van der Waals surface area contributed by atoms with Gasteiger partial charge < -0.3 is 19.3 Å². The van der Waals surface area contributed by atoms with Crippen LogP contribution in [0.25, 0.3) is 0 Å². The van der Waals surface area contributed by atoms with Gasteiger partial charge in [0.2, 0.25) is 0 Å². The molecule has 2 aromatic rings. The Morgan fingerprint density at radius 1 is 1.17 bits per heavy atom. The quantitative estimate of drug-likeness (QED) is 0.842. The van der Waals surface area contributed by atoms with Gasteiger partial charge in [-0.1, -0.05) is 17.7 Å². The lowest BCUT2D eigenvalue weighted by atomic mass is 10.1. The minimum Gasteiger partial charge on any atom is -0.490 e. The van der Waals surface area contributed by atoms with Gasteiger partial charge in [0.1, 0.15) is 24.5 Å². The number of aromatic nitrogens is 3. The van der Waals surface area contributed by atoms with Crippen LogP contribution in [0.15, 0.2) is 36.9 Å². The molecule has 1 N–H and O–H groups in total. The third-order valence-corrected chi connectivity index (χ3v) is 4.00. The minimum absolute atomic E-state index is 0.250. The van der Waals surface area contributed by atoms with Crippen molar-refractivity contribution in [2.24, 2.45) is 0 Å². The number of carbonyl (C=O) groups is 1. The molecule has 0 radical (unpaired) electrons. The van der Waals surface area contributed by atoms with Crippen LogP contribution < -0.4 is 4.74 Å². The molecule has 0 unspecified atom stereocenters. The molecule has 1 aromatic carbocycles. The molecular formula is C17H24N4O3. The molecule has 1 aliphatic heterocycles. The summed E-state index contributed by atoms with van der Waals surface area (Å²) in [5.74, 6) is 0.989. The molecule has 0 saturated carbocycles. The van der Waals surface area contributed by atoms with Crippen molar-refractivity contribution < 1.29 is 14.6 Å². The van der Waals surface area contributed by atoms with Crippen molar-refractivity contribution in [3.05, 3.63) is 42.5 Å². The van der Waals surface area contributed by atoms with Crippen LogP contribution in [0.4, 0.5) is 0 Å². The van der Waals surface area contributed by atoms with Gasteiger partial charge in [-0.05, 0) is 31.9 Å². The van der Waals surface area contributed by atoms with Crippen LogP contribution >= 0.6 is 0 Å². The van der Waals surface area contributed by atoms with Gasteiger partial charge in [-0.2, -0.15) is 0 Å². The molecule has 1 aromatic heterocycles. The highest BCUT2D eigenvalue weighted by Gasteiger charge is 2.20. The van der Waals surface area contributed by atoms with Gasteiger partial charge in [-0.15, -0.1) is 10.2 Å². The molecule has 1 aliphatic rings. The number of rotatable bonds is 5. The second kappa shape index (κ2) is 9.67. The summed E-state index contributed by atoms with van der Waals surface area (Å²) in [6, 6.07) is 8.33. The second-order valence-electron chi connectivity index (χ2n) is 5.78. The molecule has 130 valence electrons. The number of carboxylic acid groups (broad SMARTS) is 1. The number of nitrogens with zero attached hydrogens (tertiary/aromatic N) is 4. The maximum absolute atomic E-state index is 8.36. The highest BCUT2D eigenvalue weighted by Crippen LogP contribution is 2.19. The number of hydrogen-bond acceptors (Lipinski definition) is 5. The summed E-state index contributed by atoms with van der Waals surface area (Å²) in [6.45, 7) is 6.04. The van der Waals surface area contributed by atoms with Crippen molar-refractivity contribution in [2.45, 2.75) is 32.4 Å². The zero-order chi connectivity index (χ0) is 17.2. The molecule has 0 amide bonds. The van der Waals surface area contributed by atoms with Gasteiger partial charge in [0.25, 0.3) is 6.47 Å². The molecule has 1 saturated heterocycles. The molecule has 0 bridgehead atoms. The van der Waals surface area contributed by atoms with Gasteiger partial charge in [-0.25, -0.2) is 0 Å². The maximum atomic E-state index is 8.36. The van der Waals surface area contributed by atoms with E-state index in [2.05, 4.69) is 46.3 Å². The van der Waals surface area contributed by atoms with Crippen molar-refractivity contribution in [1.82, 2.24) is 19.7 Å². The molecule has 24 heavy (non-hydrogen) atoms. The van der Waals surface area contributed by atoms with E-state index >= 15 is 0 Å². The average Bonchev–Trinajstić information content (AvgIpc) is 3.11. The molecule has 7 heteroatoms. The standard InChI is InChI=1S/C16H22N4O.CH2O2/c1-14-2-4-15(5-3-14)21-16-6-8-19(9-7-16)10-11-20-12-17-18-13-20;2-1-3/h2-5,12-13,16H,6-11H2,1H3;1H,(H,2,3). The van der Waals surface area contributed by atoms with Crippen molar-refractivity contribution in [2.75, 3.05) is 19.6 Å². The first-order chi connectivity index (χ1) is 11.7. The van der Waals surface area contributed by atoms with E-state index in [-0.39, 0.29) is 6.47 Å². The Bertz CT molecular complexity index is 578. The van der Waals surface area contributed by atoms with Crippen molar-refractivity contribution in [3.63, 3.8) is 0 Å². The fourth-order valence-corrected chi connectivity index (χ4v) is 2.65. The van der Waals surface area contributed by atoms with Crippen LogP contribution in [0.3, 0.4) is 0 Å².